The largest absolute Gasteiger partial charge is 0.377 e. The number of carbonyl (C=O) groups is 1. The average Bonchev–Trinajstić information content (AvgIpc) is 2.93. The summed E-state index contributed by atoms with van der Waals surface area (Å²) in [6.45, 7) is 4.82. The molecule has 1 unspecified atom stereocenters. The number of ether oxygens (including phenoxy) is 1. The first kappa shape index (κ1) is 15.8. The number of benzene rings is 1. The second-order valence-corrected chi connectivity index (χ2v) is 5.85. The van der Waals surface area contributed by atoms with Gasteiger partial charge in [0.25, 0.3) is 0 Å². The maximum atomic E-state index is 12.3. The van der Waals surface area contributed by atoms with Gasteiger partial charge in [-0.15, -0.1) is 0 Å². The number of hydrogen-bond acceptors (Lipinski definition) is 3. The fraction of sp³-hybridized carbons (Fsp3) is 0.533. The molecule has 1 aliphatic rings. The van der Waals surface area contributed by atoms with Crippen molar-refractivity contribution < 1.29 is 9.53 Å². The van der Waals surface area contributed by atoms with E-state index in [4.69, 9.17) is 27.9 Å². The van der Waals surface area contributed by atoms with Gasteiger partial charge in [-0.3, -0.25) is 9.69 Å². The molecule has 1 fully saturated rings. The smallest absolute Gasteiger partial charge is 0.178 e. The highest BCUT2D eigenvalue weighted by Gasteiger charge is 2.21. The van der Waals surface area contributed by atoms with Crippen molar-refractivity contribution in [2.75, 3.05) is 26.2 Å². The molecule has 110 valence electrons. The molecule has 0 saturated carbocycles. The highest BCUT2D eigenvalue weighted by Crippen LogP contribution is 2.21. The highest BCUT2D eigenvalue weighted by molar-refractivity contribution is 6.36. The molecule has 0 spiro atoms. The Balaban J connectivity index is 1.99. The Labute approximate surface area is 129 Å². The summed E-state index contributed by atoms with van der Waals surface area (Å²) >= 11 is 12.0. The van der Waals surface area contributed by atoms with Crippen molar-refractivity contribution in [3.8, 4) is 0 Å². The fourth-order valence-electron chi connectivity index (χ4n) is 2.38. The Morgan fingerprint density at radius 2 is 2.25 bits per heavy atom. The van der Waals surface area contributed by atoms with Crippen LogP contribution in [0.15, 0.2) is 18.2 Å². The first-order valence-corrected chi connectivity index (χ1v) is 7.68. The number of likely N-dealkylation sites (N-methyl/N-ethyl adjacent to an activating group) is 1. The lowest BCUT2D eigenvalue weighted by atomic mass is 10.1. The minimum absolute atomic E-state index is 0.00246. The fourth-order valence-corrected chi connectivity index (χ4v) is 2.78. The van der Waals surface area contributed by atoms with Gasteiger partial charge in [0.05, 0.1) is 17.7 Å². The zero-order valence-corrected chi connectivity index (χ0v) is 13.1. The third-order valence-electron chi connectivity index (χ3n) is 3.53. The lowest BCUT2D eigenvalue weighted by molar-refractivity contribution is 0.0686. The van der Waals surface area contributed by atoms with E-state index in [1.54, 1.807) is 18.2 Å². The number of halogens is 2. The van der Waals surface area contributed by atoms with E-state index in [1.807, 2.05) is 6.92 Å². The Morgan fingerprint density at radius 3 is 2.90 bits per heavy atom. The summed E-state index contributed by atoms with van der Waals surface area (Å²) in [5, 5.41) is 0.979. The van der Waals surface area contributed by atoms with Gasteiger partial charge in [-0.1, -0.05) is 30.1 Å². The van der Waals surface area contributed by atoms with Crippen molar-refractivity contribution in [2.24, 2.45) is 0 Å². The maximum absolute atomic E-state index is 12.3. The van der Waals surface area contributed by atoms with Gasteiger partial charge >= 0.3 is 0 Å². The number of hydrogen-bond donors (Lipinski definition) is 0. The topological polar surface area (TPSA) is 29.5 Å². The minimum atomic E-state index is -0.00246. The molecule has 2 rings (SSSR count). The van der Waals surface area contributed by atoms with Gasteiger partial charge in [0.2, 0.25) is 0 Å². The Bertz CT molecular complexity index is 473. The Hall–Kier alpha value is -0.610. The number of ketones is 1. The monoisotopic (exact) mass is 315 g/mol. The SMILES string of the molecule is CCN(CC(=O)c1cc(Cl)ccc1Cl)CC1CCCO1. The Morgan fingerprint density at radius 1 is 1.45 bits per heavy atom. The van der Waals surface area contributed by atoms with E-state index in [9.17, 15) is 4.79 Å². The van der Waals surface area contributed by atoms with Crippen LogP contribution >= 0.6 is 23.2 Å². The van der Waals surface area contributed by atoms with Crippen LogP contribution < -0.4 is 0 Å². The van der Waals surface area contributed by atoms with Gasteiger partial charge in [-0.25, -0.2) is 0 Å². The standard InChI is InChI=1S/C15H19Cl2NO2/c1-2-18(9-12-4-3-7-20-12)10-15(19)13-8-11(16)5-6-14(13)17/h5-6,8,12H,2-4,7,9-10H2,1H3. The lowest BCUT2D eigenvalue weighted by Crippen LogP contribution is -2.36. The van der Waals surface area contributed by atoms with E-state index >= 15 is 0 Å². The quantitative estimate of drug-likeness (QED) is 0.750. The summed E-state index contributed by atoms with van der Waals surface area (Å²) in [6, 6.07) is 4.98. The van der Waals surface area contributed by atoms with Crippen LogP contribution in [-0.2, 0) is 4.74 Å². The molecule has 1 aromatic carbocycles. The zero-order valence-electron chi connectivity index (χ0n) is 11.6. The molecule has 3 nitrogen and oxygen atoms in total. The van der Waals surface area contributed by atoms with E-state index in [1.165, 1.54) is 0 Å². The molecular formula is C15H19Cl2NO2. The van der Waals surface area contributed by atoms with Crippen molar-refractivity contribution >= 4 is 29.0 Å². The molecule has 1 heterocycles. The van der Waals surface area contributed by atoms with Crippen molar-refractivity contribution in [3.05, 3.63) is 33.8 Å². The molecule has 1 saturated heterocycles. The molecule has 20 heavy (non-hydrogen) atoms. The molecule has 0 aromatic heterocycles. The van der Waals surface area contributed by atoms with Crippen LogP contribution in [0, 0.1) is 0 Å². The van der Waals surface area contributed by atoms with Crippen LogP contribution in [0.5, 0.6) is 0 Å². The van der Waals surface area contributed by atoms with Crippen LogP contribution in [0.25, 0.3) is 0 Å². The average molecular weight is 316 g/mol. The summed E-state index contributed by atoms with van der Waals surface area (Å²) < 4.78 is 5.62. The van der Waals surface area contributed by atoms with Crippen molar-refractivity contribution in [3.63, 3.8) is 0 Å². The van der Waals surface area contributed by atoms with Crippen LogP contribution in [0.2, 0.25) is 10.0 Å². The summed E-state index contributed by atoms with van der Waals surface area (Å²) in [5.74, 6) is -0.00246. The summed E-state index contributed by atoms with van der Waals surface area (Å²) in [7, 11) is 0. The lowest BCUT2D eigenvalue weighted by Gasteiger charge is -2.23. The molecule has 0 aliphatic carbocycles. The van der Waals surface area contributed by atoms with Gasteiger partial charge in [-0.05, 0) is 37.6 Å². The Kier molecular flexibility index (Phi) is 5.85. The van der Waals surface area contributed by atoms with Crippen LogP contribution in [0.3, 0.4) is 0 Å². The predicted octanol–water partition coefficient (Wildman–Crippen LogP) is 3.68. The third kappa shape index (κ3) is 4.19. The minimum Gasteiger partial charge on any atom is -0.377 e. The van der Waals surface area contributed by atoms with Gasteiger partial charge in [0.15, 0.2) is 5.78 Å². The molecular weight excluding hydrogens is 297 g/mol. The van der Waals surface area contributed by atoms with Crippen molar-refractivity contribution in [1.82, 2.24) is 4.90 Å². The van der Waals surface area contributed by atoms with Gasteiger partial charge < -0.3 is 4.74 Å². The second kappa shape index (κ2) is 7.41. The first-order chi connectivity index (χ1) is 9.60. The van der Waals surface area contributed by atoms with Gasteiger partial charge in [0.1, 0.15) is 0 Å². The summed E-state index contributed by atoms with van der Waals surface area (Å²) in [4.78, 5) is 14.4. The van der Waals surface area contributed by atoms with E-state index in [2.05, 4.69) is 4.90 Å². The van der Waals surface area contributed by atoms with E-state index in [-0.39, 0.29) is 11.9 Å². The molecule has 5 heteroatoms. The molecule has 0 radical (unpaired) electrons. The van der Waals surface area contributed by atoms with E-state index in [0.29, 0.717) is 22.2 Å². The number of carbonyl (C=O) groups excluding carboxylic acids is 1. The third-order valence-corrected chi connectivity index (χ3v) is 4.09. The molecule has 1 atom stereocenters. The van der Waals surface area contributed by atoms with Crippen molar-refractivity contribution in [2.45, 2.75) is 25.9 Å². The van der Waals surface area contributed by atoms with Gasteiger partial charge in [0, 0.05) is 23.7 Å². The number of Topliss-reactive ketones (excluding diaryl/α,β-unsaturated/α-hetero) is 1. The molecule has 0 N–H and O–H groups in total. The summed E-state index contributed by atoms with van der Waals surface area (Å²) in [5.41, 5.74) is 0.491. The van der Waals surface area contributed by atoms with Crippen LogP contribution in [0.1, 0.15) is 30.1 Å². The van der Waals surface area contributed by atoms with Gasteiger partial charge in [-0.2, -0.15) is 0 Å². The van der Waals surface area contributed by atoms with Crippen molar-refractivity contribution in [1.29, 1.82) is 0 Å². The molecule has 0 bridgehead atoms. The normalized spacial score (nSPS) is 18.7. The molecule has 0 amide bonds. The summed E-state index contributed by atoms with van der Waals surface area (Å²) in [6.07, 6.45) is 2.43. The van der Waals surface area contributed by atoms with E-state index in [0.717, 1.165) is 32.5 Å². The highest BCUT2D eigenvalue weighted by atomic mass is 35.5. The molecule has 1 aliphatic heterocycles. The maximum Gasteiger partial charge on any atom is 0.178 e. The van der Waals surface area contributed by atoms with Crippen LogP contribution in [-0.4, -0.2) is 43.0 Å². The zero-order chi connectivity index (χ0) is 14.5. The molecule has 1 aromatic rings. The van der Waals surface area contributed by atoms with Crippen LogP contribution in [0.4, 0.5) is 0 Å². The number of nitrogens with zero attached hydrogens (tertiary/aromatic N) is 1. The first-order valence-electron chi connectivity index (χ1n) is 6.92. The predicted molar refractivity (Wildman–Crippen MR) is 81.9 cm³/mol. The van der Waals surface area contributed by atoms with E-state index < -0.39 is 0 Å². The number of rotatable bonds is 6. The second-order valence-electron chi connectivity index (χ2n) is 5.01.